The average molecular weight is 287 g/mol. The lowest BCUT2D eigenvalue weighted by Crippen LogP contribution is -2.23. The van der Waals surface area contributed by atoms with Crippen molar-refractivity contribution < 1.29 is 0 Å². The highest BCUT2D eigenvalue weighted by molar-refractivity contribution is 7.11. The van der Waals surface area contributed by atoms with E-state index < -0.39 is 0 Å². The molecule has 1 N–H and O–H groups in total. The van der Waals surface area contributed by atoms with Gasteiger partial charge in [-0.05, 0) is 43.5 Å². The van der Waals surface area contributed by atoms with Crippen molar-refractivity contribution in [2.75, 3.05) is 13.1 Å². The molecule has 0 amide bonds. The van der Waals surface area contributed by atoms with Crippen LogP contribution in [0.25, 0.3) is 0 Å². The Morgan fingerprint density at radius 2 is 1.75 bits per heavy atom. The molecule has 20 heavy (non-hydrogen) atoms. The Morgan fingerprint density at radius 1 is 1.00 bits per heavy atom. The lowest BCUT2D eigenvalue weighted by atomic mass is 9.95. The van der Waals surface area contributed by atoms with E-state index in [4.69, 9.17) is 0 Å². The van der Waals surface area contributed by atoms with Crippen molar-refractivity contribution >= 4 is 11.3 Å². The van der Waals surface area contributed by atoms with Crippen molar-refractivity contribution in [2.24, 2.45) is 0 Å². The van der Waals surface area contributed by atoms with Gasteiger partial charge in [-0.2, -0.15) is 0 Å². The number of rotatable bonds is 8. The Morgan fingerprint density at radius 3 is 2.40 bits per heavy atom. The van der Waals surface area contributed by atoms with Gasteiger partial charge in [-0.1, -0.05) is 44.2 Å². The number of thiophene rings is 1. The van der Waals surface area contributed by atoms with Gasteiger partial charge in [0.2, 0.25) is 0 Å². The van der Waals surface area contributed by atoms with Gasteiger partial charge in [0.15, 0.2) is 0 Å². The maximum atomic E-state index is 3.58. The third-order valence-corrected chi connectivity index (χ3v) is 4.85. The second-order valence-electron chi connectivity index (χ2n) is 5.24. The molecule has 1 aromatic heterocycles. The number of nitrogens with one attached hydrogen (secondary N) is 1. The molecule has 2 heteroatoms. The zero-order valence-electron chi connectivity index (χ0n) is 12.6. The predicted molar refractivity (Wildman–Crippen MR) is 89.7 cm³/mol. The zero-order chi connectivity index (χ0) is 14.2. The summed E-state index contributed by atoms with van der Waals surface area (Å²) in [6.07, 6.45) is 3.49. The molecule has 0 aliphatic rings. The summed E-state index contributed by atoms with van der Waals surface area (Å²) in [4.78, 5) is 3.00. The molecule has 0 saturated carbocycles. The van der Waals surface area contributed by atoms with Gasteiger partial charge in [0.1, 0.15) is 0 Å². The van der Waals surface area contributed by atoms with Crippen LogP contribution in [0.4, 0.5) is 0 Å². The Hall–Kier alpha value is -1.12. The van der Waals surface area contributed by atoms with Crippen molar-refractivity contribution in [2.45, 2.75) is 39.0 Å². The minimum absolute atomic E-state index is 0.575. The van der Waals surface area contributed by atoms with E-state index in [9.17, 15) is 0 Å². The fourth-order valence-electron chi connectivity index (χ4n) is 2.45. The van der Waals surface area contributed by atoms with Crippen LogP contribution < -0.4 is 5.32 Å². The van der Waals surface area contributed by atoms with Crippen molar-refractivity contribution in [1.82, 2.24) is 5.32 Å². The molecule has 0 radical (unpaired) electrons. The third kappa shape index (κ3) is 4.46. The molecular formula is C18H25NS. The molecule has 1 aromatic carbocycles. The molecule has 1 unspecified atom stereocenters. The lowest BCUT2D eigenvalue weighted by Gasteiger charge is -2.17. The summed E-state index contributed by atoms with van der Waals surface area (Å²) in [7, 11) is 0. The van der Waals surface area contributed by atoms with Gasteiger partial charge in [0, 0.05) is 22.2 Å². The second kappa shape index (κ2) is 8.23. The van der Waals surface area contributed by atoms with E-state index in [1.165, 1.54) is 21.7 Å². The van der Waals surface area contributed by atoms with Crippen molar-refractivity contribution in [3.8, 4) is 0 Å². The van der Waals surface area contributed by atoms with E-state index >= 15 is 0 Å². The summed E-state index contributed by atoms with van der Waals surface area (Å²) in [6.45, 7) is 6.62. The molecule has 0 aliphatic heterocycles. The van der Waals surface area contributed by atoms with Crippen LogP contribution in [0, 0.1) is 0 Å². The quantitative estimate of drug-likeness (QED) is 0.698. The summed E-state index contributed by atoms with van der Waals surface area (Å²) < 4.78 is 0. The maximum Gasteiger partial charge on any atom is 0.00547 e. The fraction of sp³-hybridized carbons (Fsp3) is 0.444. The van der Waals surface area contributed by atoms with Crippen LogP contribution >= 0.6 is 11.3 Å². The first-order valence-electron chi connectivity index (χ1n) is 7.66. The number of hydrogen-bond acceptors (Lipinski definition) is 2. The van der Waals surface area contributed by atoms with Crippen LogP contribution in [-0.2, 0) is 12.8 Å². The number of benzene rings is 1. The molecule has 0 saturated heterocycles. The Balaban J connectivity index is 2.05. The molecule has 1 heterocycles. The molecule has 2 aromatic rings. The van der Waals surface area contributed by atoms with E-state index in [-0.39, 0.29) is 0 Å². The van der Waals surface area contributed by atoms with Gasteiger partial charge in [-0.3, -0.25) is 0 Å². The molecular weight excluding hydrogens is 262 g/mol. The Kier molecular flexibility index (Phi) is 6.28. The van der Waals surface area contributed by atoms with Crippen LogP contribution in [0.5, 0.6) is 0 Å². The minimum atomic E-state index is 0.575. The van der Waals surface area contributed by atoms with Crippen LogP contribution in [0.1, 0.15) is 41.5 Å². The predicted octanol–water partition coefficient (Wildman–Crippen LogP) is 4.64. The van der Waals surface area contributed by atoms with Gasteiger partial charge in [-0.15, -0.1) is 11.3 Å². The molecule has 0 fully saturated rings. The molecule has 0 bridgehead atoms. The first-order valence-corrected chi connectivity index (χ1v) is 8.48. The monoisotopic (exact) mass is 287 g/mol. The van der Waals surface area contributed by atoms with Crippen molar-refractivity contribution in [3.05, 3.63) is 57.8 Å². The fourth-order valence-corrected chi connectivity index (χ4v) is 3.49. The first kappa shape index (κ1) is 15.3. The van der Waals surface area contributed by atoms with E-state index in [2.05, 4.69) is 61.6 Å². The summed E-state index contributed by atoms with van der Waals surface area (Å²) in [6, 6.07) is 15.5. The minimum Gasteiger partial charge on any atom is -0.316 e. The molecule has 108 valence electrons. The Labute approximate surface area is 127 Å². The summed E-state index contributed by atoms with van der Waals surface area (Å²) in [5.74, 6) is 0.575. The van der Waals surface area contributed by atoms with Gasteiger partial charge in [0.25, 0.3) is 0 Å². The smallest absolute Gasteiger partial charge is 0.00547 e. The lowest BCUT2D eigenvalue weighted by molar-refractivity contribution is 0.579. The molecule has 1 atom stereocenters. The normalized spacial score (nSPS) is 12.5. The largest absolute Gasteiger partial charge is 0.316 e. The highest BCUT2D eigenvalue weighted by atomic mass is 32.1. The molecule has 0 aliphatic carbocycles. The Bertz CT molecular complexity index is 489. The number of hydrogen-bond donors (Lipinski definition) is 1. The highest BCUT2D eigenvalue weighted by Gasteiger charge is 2.13. The van der Waals surface area contributed by atoms with Crippen LogP contribution in [-0.4, -0.2) is 13.1 Å². The summed E-state index contributed by atoms with van der Waals surface area (Å²) in [5, 5.41) is 3.58. The molecule has 0 spiro atoms. The summed E-state index contributed by atoms with van der Waals surface area (Å²) >= 11 is 1.97. The van der Waals surface area contributed by atoms with Crippen molar-refractivity contribution in [1.29, 1.82) is 0 Å². The van der Waals surface area contributed by atoms with Crippen LogP contribution in [0.3, 0.4) is 0 Å². The molecule has 2 rings (SSSR count). The number of aryl methyl sites for hydroxylation is 1. The molecule has 1 nitrogen and oxygen atoms in total. The van der Waals surface area contributed by atoms with E-state index in [1.54, 1.807) is 0 Å². The van der Waals surface area contributed by atoms with E-state index in [1.807, 2.05) is 11.3 Å². The SMILES string of the molecule is CCCNCC(Cc1ccc(CC)s1)c1ccccc1. The van der Waals surface area contributed by atoms with Gasteiger partial charge in [0.05, 0.1) is 0 Å². The topological polar surface area (TPSA) is 12.0 Å². The maximum absolute atomic E-state index is 3.58. The first-order chi connectivity index (χ1) is 9.83. The second-order valence-corrected chi connectivity index (χ2v) is 6.49. The van der Waals surface area contributed by atoms with Crippen LogP contribution in [0.15, 0.2) is 42.5 Å². The van der Waals surface area contributed by atoms with Crippen LogP contribution in [0.2, 0.25) is 0 Å². The van der Waals surface area contributed by atoms with Gasteiger partial charge in [-0.25, -0.2) is 0 Å². The average Bonchev–Trinajstić information content (AvgIpc) is 2.95. The zero-order valence-corrected chi connectivity index (χ0v) is 13.4. The van der Waals surface area contributed by atoms with E-state index in [0.29, 0.717) is 5.92 Å². The van der Waals surface area contributed by atoms with Crippen molar-refractivity contribution in [3.63, 3.8) is 0 Å². The van der Waals surface area contributed by atoms with Gasteiger partial charge < -0.3 is 5.32 Å². The van der Waals surface area contributed by atoms with Gasteiger partial charge >= 0.3 is 0 Å². The highest BCUT2D eigenvalue weighted by Crippen LogP contribution is 2.25. The standard InChI is InChI=1S/C18H25NS/c1-3-12-19-14-16(15-8-6-5-7-9-15)13-18-11-10-17(4-2)20-18/h5-11,16,19H,3-4,12-14H2,1-2H3. The third-order valence-electron chi connectivity index (χ3n) is 3.60. The van der Waals surface area contributed by atoms with E-state index in [0.717, 1.165) is 25.9 Å². The summed E-state index contributed by atoms with van der Waals surface area (Å²) in [5.41, 5.74) is 1.45.